The van der Waals surface area contributed by atoms with Crippen molar-refractivity contribution in [1.82, 2.24) is 10.2 Å². The molecule has 2 atom stereocenters. The van der Waals surface area contributed by atoms with Gasteiger partial charge in [-0.05, 0) is 117 Å². The number of aryl methyl sites for hydroxylation is 1. The average molecular weight is 710 g/mol. The van der Waals surface area contributed by atoms with Crippen LogP contribution >= 0.6 is 22.6 Å². The second-order valence-corrected chi connectivity index (χ2v) is 12.5. The third-order valence-electron chi connectivity index (χ3n) is 8.21. The number of nitrogens with one attached hydrogen (secondary N) is 1. The zero-order valence-electron chi connectivity index (χ0n) is 25.0. The Morgan fingerprint density at radius 1 is 0.953 bits per heavy atom. The Kier molecular flexibility index (Phi) is 14.0. The van der Waals surface area contributed by atoms with Crippen molar-refractivity contribution in [2.24, 2.45) is 0 Å². The molecule has 1 amide bonds. The van der Waals surface area contributed by atoms with E-state index in [1.807, 2.05) is 25.1 Å². The molecule has 2 aromatic carbocycles. The predicted molar refractivity (Wildman–Crippen MR) is 174 cm³/mol. The first-order valence-corrected chi connectivity index (χ1v) is 16.0. The van der Waals surface area contributed by atoms with Crippen molar-refractivity contribution < 1.29 is 34.4 Å². The Morgan fingerprint density at radius 2 is 1.58 bits per heavy atom. The third-order valence-corrected chi connectivity index (χ3v) is 8.93. The van der Waals surface area contributed by atoms with E-state index in [0.29, 0.717) is 23.5 Å². The maximum atomic E-state index is 12.4. The van der Waals surface area contributed by atoms with E-state index in [1.54, 1.807) is 12.0 Å². The van der Waals surface area contributed by atoms with Crippen LogP contribution in [0.2, 0.25) is 0 Å². The molecular weight excluding hydrogens is 665 g/mol. The van der Waals surface area contributed by atoms with E-state index in [1.165, 1.54) is 54.1 Å². The Bertz CT molecular complexity index is 1180. The first-order chi connectivity index (χ1) is 20.6. The van der Waals surface area contributed by atoms with Crippen LogP contribution < -0.4 is 15.0 Å². The number of carboxylic acids is 2. The van der Waals surface area contributed by atoms with Gasteiger partial charge >= 0.3 is 18.0 Å². The summed E-state index contributed by atoms with van der Waals surface area (Å²) in [5.41, 5.74) is 3.07. The molecule has 2 fully saturated rings. The second kappa shape index (κ2) is 17.4. The van der Waals surface area contributed by atoms with Crippen molar-refractivity contribution in [3.8, 4) is 5.75 Å². The molecule has 2 aliphatic rings. The summed E-state index contributed by atoms with van der Waals surface area (Å²) < 4.78 is 6.82. The molecule has 2 unspecified atom stereocenters. The molecule has 2 saturated heterocycles. The van der Waals surface area contributed by atoms with Gasteiger partial charge in [0.2, 0.25) is 0 Å². The Morgan fingerprint density at radius 3 is 2.16 bits per heavy atom. The molecule has 2 bridgehead atoms. The van der Waals surface area contributed by atoms with Crippen LogP contribution in [0.4, 0.5) is 10.5 Å². The van der Waals surface area contributed by atoms with Gasteiger partial charge in [0.05, 0.1) is 12.8 Å². The lowest BCUT2D eigenvalue weighted by atomic mass is 9.80. The fourth-order valence-corrected chi connectivity index (χ4v) is 6.56. The monoisotopic (exact) mass is 709 g/mol. The van der Waals surface area contributed by atoms with Crippen molar-refractivity contribution in [3.05, 3.63) is 57.2 Å². The number of amides is 1. The van der Waals surface area contributed by atoms with Gasteiger partial charge in [0.1, 0.15) is 5.75 Å². The zero-order valence-corrected chi connectivity index (χ0v) is 27.2. The van der Waals surface area contributed by atoms with Crippen molar-refractivity contribution in [3.63, 3.8) is 0 Å². The summed E-state index contributed by atoms with van der Waals surface area (Å²) >= 11 is 2.34. The maximum Gasteiger partial charge on any atom is 0.414 e. The molecule has 11 heteroatoms. The number of methoxy groups -OCH3 is 1. The number of benzene rings is 2. The molecule has 2 aromatic rings. The van der Waals surface area contributed by atoms with Crippen molar-refractivity contribution in [2.45, 2.75) is 89.4 Å². The van der Waals surface area contributed by atoms with Gasteiger partial charge in [-0.15, -0.1) is 0 Å². The molecule has 236 valence electrons. The summed E-state index contributed by atoms with van der Waals surface area (Å²) in [7, 11) is 1.62. The highest BCUT2D eigenvalue weighted by atomic mass is 127. The number of hydrogen-bond donors (Lipinski definition) is 4. The number of unbranched alkanes of at least 4 members (excludes halogenated alkanes) is 3. The number of nitrogens with zero attached hydrogens (tertiary/aromatic N) is 2. The number of aliphatic carboxylic acids is 2. The quantitative estimate of drug-likeness (QED) is 0.119. The van der Waals surface area contributed by atoms with Gasteiger partial charge < -0.3 is 25.4 Å². The highest BCUT2D eigenvalue weighted by Crippen LogP contribution is 2.40. The van der Waals surface area contributed by atoms with Gasteiger partial charge in [-0.25, -0.2) is 14.4 Å². The van der Waals surface area contributed by atoms with E-state index in [9.17, 15) is 9.90 Å². The molecule has 4 N–H and O–H groups in total. The summed E-state index contributed by atoms with van der Waals surface area (Å²) in [6, 6.07) is 15.5. The molecular formula is C32H44IN3O7. The molecule has 0 aromatic heterocycles. The van der Waals surface area contributed by atoms with Gasteiger partial charge in [0.15, 0.2) is 0 Å². The summed E-state index contributed by atoms with van der Waals surface area (Å²) in [5, 5.41) is 28.6. The topological polar surface area (TPSA) is 140 Å². The number of ether oxygens (including phenoxy) is 1. The van der Waals surface area contributed by atoms with E-state index in [0.717, 1.165) is 38.0 Å². The van der Waals surface area contributed by atoms with Crippen molar-refractivity contribution in [1.29, 1.82) is 0 Å². The minimum absolute atomic E-state index is 0.00101. The molecule has 10 nitrogen and oxygen atoms in total. The summed E-state index contributed by atoms with van der Waals surface area (Å²) in [6.07, 6.45) is 9.49. The second-order valence-electron chi connectivity index (χ2n) is 11.3. The number of piperidine rings is 2. The van der Waals surface area contributed by atoms with E-state index in [2.05, 4.69) is 57.1 Å². The van der Waals surface area contributed by atoms with Gasteiger partial charge in [-0.3, -0.25) is 9.80 Å². The molecule has 0 radical (unpaired) electrons. The lowest BCUT2D eigenvalue weighted by Crippen LogP contribution is -2.58. The first-order valence-electron chi connectivity index (χ1n) is 14.9. The number of anilines is 1. The Balaban J connectivity index is 0.000000765. The van der Waals surface area contributed by atoms with Crippen LogP contribution in [0.5, 0.6) is 5.75 Å². The molecule has 0 saturated carbocycles. The summed E-state index contributed by atoms with van der Waals surface area (Å²) in [4.78, 5) is 34.9. The van der Waals surface area contributed by atoms with Gasteiger partial charge in [-0.2, -0.15) is 0 Å². The highest BCUT2D eigenvalue weighted by molar-refractivity contribution is 14.1. The maximum absolute atomic E-state index is 12.4. The fraction of sp³-hybridized carbons (Fsp3) is 0.531. The summed E-state index contributed by atoms with van der Waals surface area (Å²) in [5.74, 6) is -3.02. The number of carboxylic acid groups (broad SMARTS) is 3. The minimum Gasteiger partial charge on any atom is -0.495 e. The normalized spacial score (nSPS) is 19.6. The Labute approximate surface area is 267 Å². The van der Waals surface area contributed by atoms with Crippen molar-refractivity contribution >= 4 is 46.3 Å². The van der Waals surface area contributed by atoms with Gasteiger partial charge in [-0.1, -0.05) is 37.5 Å². The predicted octanol–water partition coefficient (Wildman–Crippen LogP) is 5.98. The van der Waals surface area contributed by atoms with Crippen LogP contribution in [0.3, 0.4) is 0 Å². The smallest absolute Gasteiger partial charge is 0.414 e. The van der Waals surface area contributed by atoms with E-state index >= 15 is 0 Å². The minimum atomic E-state index is -1.82. The lowest BCUT2D eigenvalue weighted by molar-refractivity contribution is -0.159. The van der Waals surface area contributed by atoms with Crippen LogP contribution in [0.1, 0.15) is 68.9 Å². The molecule has 43 heavy (non-hydrogen) atoms. The lowest BCUT2D eigenvalue weighted by Gasteiger charge is -2.50. The third kappa shape index (κ3) is 10.6. The molecule has 0 aliphatic carbocycles. The molecule has 4 rings (SSSR count). The van der Waals surface area contributed by atoms with Gasteiger partial charge in [0.25, 0.3) is 0 Å². The van der Waals surface area contributed by atoms with Crippen LogP contribution in [0.25, 0.3) is 0 Å². The fourth-order valence-electron chi connectivity index (χ4n) is 6.20. The van der Waals surface area contributed by atoms with Crippen molar-refractivity contribution in [2.75, 3.05) is 25.1 Å². The van der Waals surface area contributed by atoms with E-state index in [4.69, 9.17) is 24.5 Å². The largest absolute Gasteiger partial charge is 0.495 e. The molecule has 0 spiro atoms. The number of hydrogen-bond acceptors (Lipinski definition) is 6. The standard InChI is InChI=1S/C30H42IN3O3.C2H2O4/c1-22-10-15-29(37-2)28(18-22)34(30(35)36)27-19-25-8-7-9-26(20-27)33(25)17-6-4-3-5-16-32-21-23-11-13-24(31)14-12-23;3-1(4)2(5)6/h10-15,18,25-27,32H,3-9,16-17,19-21H2,1-2H3,(H,35,36);(H,3,4)(H,5,6). The van der Waals surface area contributed by atoms with E-state index in [-0.39, 0.29) is 6.04 Å². The number of halogens is 1. The van der Waals surface area contributed by atoms with Crippen LogP contribution in [0.15, 0.2) is 42.5 Å². The molecule has 2 aliphatic heterocycles. The van der Waals surface area contributed by atoms with Crippen LogP contribution in [-0.2, 0) is 16.1 Å². The number of carbonyl (C=O) groups is 3. The van der Waals surface area contributed by atoms with Crippen LogP contribution in [-0.4, -0.2) is 76.6 Å². The highest BCUT2D eigenvalue weighted by Gasteiger charge is 2.42. The van der Waals surface area contributed by atoms with Gasteiger partial charge in [0, 0.05) is 28.2 Å². The van der Waals surface area contributed by atoms with E-state index < -0.39 is 18.0 Å². The van der Waals surface area contributed by atoms with Crippen LogP contribution in [0, 0.1) is 10.5 Å². The first kappa shape index (κ1) is 34.6. The number of fused-ring (bicyclic) bond motifs is 2. The molecule has 2 heterocycles. The Hall–Kier alpha value is -2.90. The average Bonchev–Trinajstić information content (AvgIpc) is 2.96. The zero-order chi connectivity index (χ0) is 31.4. The SMILES string of the molecule is COc1ccc(C)cc1N(C(=O)O)C1CC2CCCC(C1)N2CCCCCCNCc1ccc(I)cc1.O=C(O)C(=O)O. The summed E-state index contributed by atoms with van der Waals surface area (Å²) in [6.45, 7) is 5.15. The number of rotatable bonds is 12.